The molecule has 1 aliphatic carbocycles. The third kappa shape index (κ3) is 6.53. The summed E-state index contributed by atoms with van der Waals surface area (Å²) in [5, 5.41) is 41.9. The molecule has 0 spiro atoms. The van der Waals surface area contributed by atoms with E-state index in [1.807, 2.05) is 12.2 Å². The summed E-state index contributed by atoms with van der Waals surface area (Å²) in [6.07, 6.45) is 5.00. The predicted octanol–water partition coefficient (Wildman–Crippen LogP) is -0.231. The summed E-state index contributed by atoms with van der Waals surface area (Å²) in [5.74, 6) is -3.66. The number of hydrogen-bond donors (Lipinski definition) is 4. The lowest BCUT2D eigenvalue weighted by Crippen LogP contribution is -2.71. The molecular formula is C23H24N10O8S3. The van der Waals surface area contributed by atoms with Crippen LogP contribution in [0.25, 0.3) is 0 Å². The third-order valence-corrected chi connectivity index (χ3v) is 9.44. The minimum atomic E-state index is -1.32. The number of oxime groups is 2. The van der Waals surface area contributed by atoms with Gasteiger partial charge in [0.25, 0.3) is 11.8 Å². The lowest BCUT2D eigenvalue weighted by molar-refractivity contribution is -0.150. The summed E-state index contributed by atoms with van der Waals surface area (Å²) in [5.41, 5.74) is 5.63. The maximum absolute atomic E-state index is 13.3. The number of carboxylic acid groups (broad SMARTS) is 2. The van der Waals surface area contributed by atoms with E-state index in [9.17, 15) is 29.4 Å². The number of aromatic nitrogens is 5. The van der Waals surface area contributed by atoms with Crippen LogP contribution in [0.15, 0.2) is 44.3 Å². The number of hydrogen-bond acceptors (Lipinski definition) is 16. The monoisotopic (exact) mass is 664 g/mol. The van der Waals surface area contributed by atoms with Crippen LogP contribution in [0.2, 0.25) is 0 Å². The van der Waals surface area contributed by atoms with Gasteiger partial charge in [0.05, 0.1) is 6.54 Å². The van der Waals surface area contributed by atoms with Crippen molar-refractivity contribution >= 4 is 75.2 Å². The number of allylic oxidation sites excluding steroid dienone is 1. The summed E-state index contributed by atoms with van der Waals surface area (Å²) in [6.45, 7) is -0.298. The summed E-state index contributed by atoms with van der Waals surface area (Å²) in [6, 6.07) is -1.02. The molecule has 2 aromatic heterocycles. The molecular weight excluding hydrogens is 641 g/mol. The molecule has 4 heterocycles. The molecule has 18 nitrogen and oxygen atoms in total. The number of thiazole rings is 1. The Morgan fingerprint density at radius 3 is 2.77 bits per heavy atom. The molecule has 0 saturated carbocycles. The quantitative estimate of drug-likeness (QED) is 0.0710. The molecule has 3 atom stereocenters. The number of carbonyl (C=O) groups is 4. The highest BCUT2D eigenvalue weighted by atomic mass is 32.2. The highest BCUT2D eigenvalue weighted by Gasteiger charge is 2.54. The van der Waals surface area contributed by atoms with Gasteiger partial charge >= 0.3 is 11.9 Å². The van der Waals surface area contributed by atoms with E-state index in [0.29, 0.717) is 12.0 Å². The largest absolute Gasteiger partial charge is 0.477 e. The van der Waals surface area contributed by atoms with E-state index in [1.54, 1.807) is 5.38 Å². The number of aliphatic carboxylic acids is 2. The summed E-state index contributed by atoms with van der Waals surface area (Å²) >= 11 is 3.44. The maximum atomic E-state index is 13.3. The first-order valence-electron chi connectivity index (χ1n) is 12.7. The van der Waals surface area contributed by atoms with Gasteiger partial charge in [0.2, 0.25) is 5.16 Å². The van der Waals surface area contributed by atoms with Gasteiger partial charge in [-0.15, -0.1) is 28.2 Å². The zero-order valence-electron chi connectivity index (χ0n) is 22.7. The van der Waals surface area contributed by atoms with Gasteiger partial charge in [-0.3, -0.25) is 14.5 Å². The fourth-order valence-corrected chi connectivity index (χ4v) is 7.27. The number of tetrazole rings is 1. The van der Waals surface area contributed by atoms with E-state index in [0.717, 1.165) is 34.4 Å². The molecule has 0 radical (unpaired) electrons. The summed E-state index contributed by atoms with van der Waals surface area (Å²) in [7, 11) is 1.20. The standard InChI is InChI=1S/C23H24N10O8S3/c1-40-28-12(20(36)37)6-32-23(27-30-31-32)44-8-10-7-42-19-15(18(35)33(19)16(10)21(38)39)26-17(34)14(13-9-43-22(24)25-13)29-41-11-4-2-3-5-11/h2,4,9,11,15,19H,3,5-8H2,1H3,(H2,24,25)(H,26,34)(H,36,37)(H,38,39)/b28-12+,29-14-/t11?,15?,19-/m1/s1. The Hall–Kier alpha value is -4.50. The molecule has 2 unspecified atom stereocenters. The van der Waals surface area contributed by atoms with Crippen LogP contribution in [-0.4, -0.2) is 112 Å². The predicted molar refractivity (Wildman–Crippen MR) is 157 cm³/mol. The van der Waals surface area contributed by atoms with Crippen LogP contribution in [-0.2, 0) is 35.4 Å². The van der Waals surface area contributed by atoms with E-state index >= 15 is 0 Å². The minimum absolute atomic E-state index is 0.0847. The molecule has 3 aliphatic rings. The highest BCUT2D eigenvalue weighted by Crippen LogP contribution is 2.41. The fourth-order valence-electron chi connectivity index (χ4n) is 4.36. The number of anilines is 1. The van der Waals surface area contributed by atoms with Crippen molar-refractivity contribution in [3.8, 4) is 0 Å². The van der Waals surface area contributed by atoms with E-state index in [1.165, 1.54) is 23.6 Å². The van der Waals surface area contributed by atoms with Crippen LogP contribution in [0.4, 0.5) is 5.13 Å². The zero-order chi connectivity index (χ0) is 31.4. The Bertz CT molecular complexity index is 1600. The Morgan fingerprint density at radius 1 is 1.30 bits per heavy atom. The lowest BCUT2D eigenvalue weighted by atomic mass is 10.0. The summed E-state index contributed by atoms with van der Waals surface area (Å²) in [4.78, 5) is 65.5. The van der Waals surface area contributed by atoms with Crippen LogP contribution in [0.3, 0.4) is 0 Å². The van der Waals surface area contributed by atoms with Crippen molar-refractivity contribution in [1.29, 1.82) is 0 Å². The first-order chi connectivity index (χ1) is 21.2. The molecule has 21 heteroatoms. The number of nitrogens with two attached hydrogens (primary N) is 1. The number of carbonyl (C=O) groups excluding carboxylic acids is 2. The molecule has 5 N–H and O–H groups in total. The molecule has 232 valence electrons. The first-order valence-corrected chi connectivity index (χ1v) is 15.6. The van der Waals surface area contributed by atoms with Crippen molar-refractivity contribution in [2.45, 2.75) is 42.1 Å². The average molecular weight is 665 g/mol. The number of carboxylic acids is 2. The third-order valence-electron chi connectivity index (χ3n) is 6.39. The van der Waals surface area contributed by atoms with Gasteiger partial charge in [-0.2, -0.15) is 0 Å². The van der Waals surface area contributed by atoms with Gasteiger partial charge in [-0.05, 0) is 34.9 Å². The molecule has 1 fully saturated rings. The van der Waals surface area contributed by atoms with Crippen LogP contribution < -0.4 is 11.1 Å². The molecule has 2 aromatic rings. The average Bonchev–Trinajstić information content (AvgIpc) is 3.77. The number of amides is 2. The van der Waals surface area contributed by atoms with E-state index < -0.39 is 35.2 Å². The van der Waals surface area contributed by atoms with Crippen LogP contribution in [0, 0.1) is 0 Å². The Morgan fingerprint density at radius 2 is 2.11 bits per heavy atom. The number of thioether (sulfide) groups is 2. The fraction of sp³-hybridized carbons (Fsp3) is 0.391. The van der Waals surface area contributed by atoms with Gasteiger partial charge in [0.15, 0.2) is 16.6 Å². The van der Waals surface area contributed by atoms with Crippen molar-refractivity contribution in [2.75, 3.05) is 24.3 Å². The smallest absolute Gasteiger partial charge is 0.355 e. The van der Waals surface area contributed by atoms with E-state index in [2.05, 4.69) is 41.0 Å². The van der Waals surface area contributed by atoms with Crippen LogP contribution >= 0.6 is 34.9 Å². The SMILES string of the molecule is CO/N=C(\Cn1nnnc1SCC1=C(C(=O)O)N2C(=O)C(NC(=O)/C(=N\OC3C=CCC3)c3csc(N)n3)[C@H]2SC1)C(=O)O. The number of rotatable bonds is 13. The molecule has 2 amide bonds. The number of β-lactam (4-membered cyclic amide) rings is 1. The molecule has 5 rings (SSSR count). The van der Waals surface area contributed by atoms with Crippen molar-refractivity contribution in [3.63, 3.8) is 0 Å². The number of fused-ring (bicyclic) bond motifs is 1. The molecule has 44 heavy (non-hydrogen) atoms. The normalized spacial score (nSPS) is 21.6. The topological polar surface area (TPSA) is 250 Å². The van der Waals surface area contributed by atoms with Crippen molar-refractivity contribution < 1.29 is 39.1 Å². The van der Waals surface area contributed by atoms with E-state index in [4.69, 9.17) is 10.6 Å². The maximum Gasteiger partial charge on any atom is 0.355 e. The Kier molecular flexibility index (Phi) is 9.44. The van der Waals surface area contributed by atoms with Crippen molar-refractivity contribution in [2.24, 2.45) is 10.3 Å². The van der Waals surface area contributed by atoms with Crippen molar-refractivity contribution in [1.82, 2.24) is 35.4 Å². The van der Waals surface area contributed by atoms with Gasteiger partial charge in [-0.1, -0.05) is 28.1 Å². The van der Waals surface area contributed by atoms with Gasteiger partial charge in [0, 0.05) is 16.9 Å². The minimum Gasteiger partial charge on any atom is -0.477 e. The number of nitrogens with one attached hydrogen (secondary N) is 1. The molecule has 1 saturated heterocycles. The first kappa shape index (κ1) is 30.9. The van der Waals surface area contributed by atoms with Gasteiger partial charge < -0.3 is 30.9 Å². The second kappa shape index (κ2) is 13.4. The van der Waals surface area contributed by atoms with Gasteiger partial charge in [-0.25, -0.2) is 19.3 Å². The molecule has 0 bridgehead atoms. The van der Waals surface area contributed by atoms with Crippen molar-refractivity contribution in [3.05, 3.63) is 34.5 Å². The highest BCUT2D eigenvalue weighted by molar-refractivity contribution is 8.01. The Labute approximate surface area is 260 Å². The molecule has 0 aromatic carbocycles. The van der Waals surface area contributed by atoms with Gasteiger partial charge in [0.1, 0.15) is 36.0 Å². The van der Waals surface area contributed by atoms with Crippen LogP contribution in [0.5, 0.6) is 0 Å². The van der Waals surface area contributed by atoms with Crippen LogP contribution in [0.1, 0.15) is 18.5 Å². The number of nitrogen functional groups attached to an aromatic ring is 1. The molecule has 2 aliphatic heterocycles. The Balaban J connectivity index is 1.28. The zero-order valence-corrected chi connectivity index (χ0v) is 25.2. The second-order valence-corrected chi connectivity index (χ2v) is 12.1. The lowest BCUT2D eigenvalue weighted by Gasteiger charge is -2.49. The number of nitrogens with zero attached hydrogens (tertiary/aromatic N) is 8. The van der Waals surface area contributed by atoms with E-state index in [-0.39, 0.29) is 57.3 Å². The second-order valence-electron chi connectivity index (χ2n) is 9.21. The summed E-state index contributed by atoms with van der Waals surface area (Å²) < 4.78 is 1.18.